The Balaban J connectivity index is 1.80. The molecule has 0 saturated carbocycles. The zero-order chi connectivity index (χ0) is 14.5. The number of hydrazine groups is 1. The number of carbonyl (C=O) groups is 2. The number of nitrogens with zero attached hydrogens (tertiary/aromatic N) is 2. The van der Waals surface area contributed by atoms with Crippen LogP contribution in [0.1, 0.15) is 20.4 Å². The van der Waals surface area contributed by atoms with Gasteiger partial charge in [0, 0.05) is 13.1 Å². The minimum Gasteiger partial charge on any atom is -0.477 e. The van der Waals surface area contributed by atoms with Crippen LogP contribution in [-0.4, -0.2) is 53.4 Å². The molecule has 1 saturated heterocycles. The van der Waals surface area contributed by atoms with Crippen molar-refractivity contribution in [3.63, 3.8) is 0 Å². The van der Waals surface area contributed by atoms with Crippen LogP contribution in [0.5, 0.6) is 0 Å². The van der Waals surface area contributed by atoms with Crippen LogP contribution >= 0.6 is 11.3 Å². The first-order valence-electron chi connectivity index (χ1n) is 6.13. The quantitative estimate of drug-likeness (QED) is 0.733. The van der Waals surface area contributed by atoms with Crippen LogP contribution in [0.3, 0.4) is 0 Å². The average molecular weight is 300 g/mol. The van der Waals surface area contributed by atoms with E-state index >= 15 is 0 Å². The Hall–Kier alpha value is -1.71. The molecule has 2 heterocycles. The number of aromatic nitrogens is 1. The lowest BCUT2D eigenvalue weighted by atomic mass is 10.4. The second kappa shape index (κ2) is 6.64. The van der Waals surface area contributed by atoms with Gasteiger partial charge >= 0.3 is 12.0 Å². The Morgan fingerprint density at radius 1 is 1.45 bits per heavy atom. The SMILES string of the molecule is Cc1nc(CNC(=O)NN2CCOCC2)sc1C(=O)O. The number of carboxylic acid groups (broad SMARTS) is 1. The molecule has 110 valence electrons. The number of morpholine rings is 1. The molecule has 8 nitrogen and oxygen atoms in total. The highest BCUT2D eigenvalue weighted by molar-refractivity contribution is 7.13. The third-order valence-corrected chi connectivity index (χ3v) is 3.85. The van der Waals surface area contributed by atoms with Gasteiger partial charge in [0.05, 0.1) is 25.5 Å². The molecule has 0 aromatic carbocycles. The van der Waals surface area contributed by atoms with Gasteiger partial charge in [-0.25, -0.2) is 19.6 Å². The summed E-state index contributed by atoms with van der Waals surface area (Å²) in [5, 5.41) is 13.9. The summed E-state index contributed by atoms with van der Waals surface area (Å²) < 4.78 is 5.17. The Morgan fingerprint density at radius 2 is 2.15 bits per heavy atom. The largest absolute Gasteiger partial charge is 0.477 e. The fraction of sp³-hybridized carbons (Fsp3) is 0.545. The van der Waals surface area contributed by atoms with E-state index in [9.17, 15) is 9.59 Å². The molecule has 1 aromatic heterocycles. The van der Waals surface area contributed by atoms with E-state index < -0.39 is 5.97 Å². The molecule has 20 heavy (non-hydrogen) atoms. The van der Waals surface area contributed by atoms with Crippen LogP contribution in [0.4, 0.5) is 4.79 Å². The van der Waals surface area contributed by atoms with Gasteiger partial charge in [-0.1, -0.05) is 0 Å². The summed E-state index contributed by atoms with van der Waals surface area (Å²) in [5.74, 6) is -0.996. The molecule has 0 bridgehead atoms. The van der Waals surface area contributed by atoms with Gasteiger partial charge in [0.25, 0.3) is 0 Å². The number of ether oxygens (including phenoxy) is 1. The third-order valence-electron chi connectivity index (χ3n) is 2.71. The van der Waals surface area contributed by atoms with E-state index in [4.69, 9.17) is 9.84 Å². The number of nitrogens with one attached hydrogen (secondary N) is 2. The van der Waals surface area contributed by atoms with E-state index in [2.05, 4.69) is 15.7 Å². The molecule has 2 rings (SSSR count). The highest BCUT2D eigenvalue weighted by Crippen LogP contribution is 2.17. The van der Waals surface area contributed by atoms with Gasteiger partial charge in [-0.2, -0.15) is 0 Å². The maximum absolute atomic E-state index is 11.7. The van der Waals surface area contributed by atoms with Crippen molar-refractivity contribution in [3.05, 3.63) is 15.6 Å². The molecule has 9 heteroatoms. The van der Waals surface area contributed by atoms with Crippen LogP contribution in [0, 0.1) is 6.92 Å². The number of rotatable bonds is 4. The molecule has 0 spiro atoms. The van der Waals surface area contributed by atoms with E-state index in [0.717, 1.165) is 11.3 Å². The number of carboxylic acids is 1. The molecule has 1 aliphatic rings. The minimum atomic E-state index is -0.996. The van der Waals surface area contributed by atoms with Gasteiger partial charge in [0.2, 0.25) is 0 Å². The first-order valence-corrected chi connectivity index (χ1v) is 6.94. The fourth-order valence-electron chi connectivity index (χ4n) is 1.74. The zero-order valence-electron chi connectivity index (χ0n) is 11.0. The summed E-state index contributed by atoms with van der Waals surface area (Å²) in [6.45, 7) is 4.31. The molecule has 0 atom stereocenters. The summed E-state index contributed by atoms with van der Waals surface area (Å²) in [6.07, 6.45) is 0. The van der Waals surface area contributed by atoms with Crippen LogP contribution < -0.4 is 10.7 Å². The minimum absolute atomic E-state index is 0.203. The maximum Gasteiger partial charge on any atom is 0.347 e. The molecule has 3 N–H and O–H groups in total. The molecular formula is C11H16N4O4S. The lowest BCUT2D eigenvalue weighted by Gasteiger charge is -2.26. The predicted molar refractivity (Wildman–Crippen MR) is 71.6 cm³/mol. The smallest absolute Gasteiger partial charge is 0.347 e. The van der Waals surface area contributed by atoms with Crippen molar-refractivity contribution >= 4 is 23.3 Å². The highest BCUT2D eigenvalue weighted by atomic mass is 32.1. The topological polar surface area (TPSA) is 104 Å². The normalized spacial score (nSPS) is 15.8. The Bertz CT molecular complexity index is 499. The molecule has 1 fully saturated rings. The number of aryl methyl sites for hydroxylation is 1. The van der Waals surface area contributed by atoms with E-state index in [1.807, 2.05) is 0 Å². The number of hydrogen-bond donors (Lipinski definition) is 3. The Labute approximate surface area is 119 Å². The van der Waals surface area contributed by atoms with Crippen molar-refractivity contribution in [2.75, 3.05) is 26.3 Å². The van der Waals surface area contributed by atoms with Crippen LogP contribution in [0.2, 0.25) is 0 Å². The van der Waals surface area contributed by atoms with Gasteiger partial charge < -0.3 is 15.2 Å². The molecule has 2 amide bonds. The van der Waals surface area contributed by atoms with Crippen molar-refractivity contribution < 1.29 is 19.4 Å². The molecule has 0 unspecified atom stereocenters. The number of carbonyl (C=O) groups excluding carboxylic acids is 1. The Morgan fingerprint density at radius 3 is 2.75 bits per heavy atom. The van der Waals surface area contributed by atoms with Gasteiger partial charge in [-0.15, -0.1) is 11.3 Å². The van der Waals surface area contributed by atoms with Crippen molar-refractivity contribution in [2.24, 2.45) is 0 Å². The van der Waals surface area contributed by atoms with Crippen molar-refractivity contribution in [1.82, 2.24) is 20.7 Å². The average Bonchev–Trinajstić information content (AvgIpc) is 2.79. The lowest BCUT2D eigenvalue weighted by Crippen LogP contribution is -2.51. The molecule has 0 radical (unpaired) electrons. The van der Waals surface area contributed by atoms with E-state index in [1.165, 1.54) is 0 Å². The van der Waals surface area contributed by atoms with Gasteiger partial charge in [0.15, 0.2) is 0 Å². The second-order valence-corrected chi connectivity index (χ2v) is 5.30. The zero-order valence-corrected chi connectivity index (χ0v) is 11.8. The third kappa shape index (κ3) is 3.89. The summed E-state index contributed by atoms with van der Waals surface area (Å²) in [5.41, 5.74) is 3.16. The molecular weight excluding hydrogens is 284 g/mol. The van der Waals surface area contributed by atoms with Crippen molar-refractivity contribution in [3.8, 4) is 0 Å². The van der Waals surface area contributed by atoms with Gasteiger partial charge in [-0.05, 0) is 6.92 Å². The van der Waals surface area contributed by atoms with E-state index in [1.54, 1.807) is 11.9 Å². The second-order valence-electron chi connectivity index (χ2n) is 4.22. The molecule has 0 aliphatic carbocycles. The summed E-state index contributed by atoms with van der Waals surface area (Å²) in [6, 6.07) is -0.336. The van der Waals surface area contributed by atoms with Gasteiger partial charge in [0.1, 0.15) is 9.88 Å². The van der Waals surface area contributed by atoms with E-state index in [-0.39, 0.29) is 17.5 Å². The maximum atomic E-state index is 11.7. The Kier molecular flexibility index (Phi) is 4.88. The van der Waals surface area contributed by atoms with Crippen LogP contribution in [-0.2, 0) is 11.3 Å². The molecule has 1 aliphatic heterocycles. The number of hydrogen-bond acceptors (Lipinski definition) is 6. The highest BCUT2D eigenvalue weighted by Gasteiger charge is 2.15. The van der Waals surface area contributed by atoms with E-state index in [0.29, 0.717) is 37.0 Å². The summed E-state index contributed by atoms with van der Waals surface area (Å²) in [4.78, 5) is 26.9. The van der Waals surface area contributed by atoms with Crippen LogP contribution in [0.15, 0.2) is 0 Å². The monoisotopic (exact) mass is 300 g/mol. The standard InChI is InChI=1S/C11H16N4O4S/c1-7-9(10(16)17)20-8(13-7)6-12-11(18)14-15-2-4-19-5-3-15/h2-6H2,1H3,(H,16,17)(H2,12,14,18). The molecule has 1 aromatic rings. The summed E-state index contributed by atoms with van der Waals surface area (Å²) in [7, 11) is 0. The van der Waals surface area contributed by atoms with Crippen LogP contribution in [0.25, 0.3) is 0 Å². The van der Waals surface area contributed by atoms with Crippen molar-refractivity contribution in [2.45, 2.75) is 13.5 Å². The fourth-order valence-corrected chi connectivity index (χ4v) is 2.58. The van der Waals surface area contributed by atoms with Gasteiger partial charge in [-0.3, -0.25) is 5.43 Å². The van der Waals surface area contributed by atoms with Crippen molar-refractivity contribution in [1.29, 1.82) is 0 Å². The lowest BCUT2D eigenvalue weighted by molar-refractivity contribution is 0.0195. The number of amides is 2. The number of thiazole rings is 1. The summed E-state index contributed by atoms with van der Waals surface area (Å²) >= 11 is 1.07. The number of aromatic carboxylic acids is 1. The number of urea groups is 1. The first kappa shape index (κ1) is 14.7. The first-order chi connectivity index (χ1) is 9.56. The predicted octanol–water partition coefficient (Wildman–Crippen LogP) is 0.196.